The van der Waals surface area contributed by atoms with E-state index in [-0.39, 0.29) is 21.9 Å². The first-order valence-corrected chi connectivity index (χ1v) is 6.40. The predicted octanol–water partition coefficient (Wildman–Crippen LogP) is 0.340. The van der Waals surface area contributed by atoms with Crippen LogP contribution in [0.4, 0.5) is 0 Å². The van der Waals surface area contributed by atoms with Gasteiger partial charge in [-0.3, -0.25) is 4.79 Å². The summed E-state index contributed by atoms with van der Waals surface area (Å²) in [6.45, 7) is 0. The Labute approximate surface area is 120 Å². The first kappa shape index (κ1) is 12.7. The van der Waals surface area contributed by atoms with Crippen LogP contribution in [0, 0.1) is 0 Å². The van der Waals surface area contributed by atoms with Crippen LogP contribution in [0.5, 0.6) is 0 Å². The lowest BCUT2D eigenvalue weighted by atomic mass is 10.7. The molecular formula is C9H5ClN8OS. The van der Waals surface area contributed by atoms with Crippen LogP contribution in [0.1, 0.15) is 0 Å². The summed E-state index contributed by atoms with van der Waals surface area (Å²) in [7, 11) is 0. The van der Waals surface area contributed by atoms with Gasteiger partial charge in [0.2, 0.25) is 10.4 Å². The van der Waals surface area contributed by atoms with Gasteiger partial charge in [-0.1, -0.05) is 0 Å². The molecule has 20 heavy (non-hydrogen) atoms. The molecule has 3 aromatic heterocycles. The van der Waals surface area contributed by atoms with Crippen molar-refractivity contribution in [2.45, 2.75) is 10.3 Å². The molecule has 3 heterocycles. The molecule has 0 saturated heterocycles. The lowest BCUT2D eigenvalue weighted by Crippen LogP contribution is -2.07. The van der Waals surface area contributed by atoms with E-state index in [9.17, 15) is 4.79 Å². The SMILES string of the molecule is O=c1ccnc(Sc2nc(Cl)nc(-n3cncn3)n2)[nH]1. The van der Waals surface area contributed by atoms with E-state index in [1.165, 1.54) is 29.6 Å². The molecule has 0 spiro atoms. The second-order valence-electron chi connectivity index (χ2n) is 3.37. The summed E-state index contributed by atoms with van der Waals surface area (Å²) in [6, 6.07) is 1.31. The molecule has 100 valence electrons. The van der Waals surface area contributed by atoms with Crippen LogP contribution in [-0.2, 0) is 0 Å². The van der Waals surface area contributed by atoms with Crippen LogP contribution in [0.3, 0.4) is 0 Å². The quantitative estimate of drug-likeness (QED) is 0.689. The third kappa shape index (κ3) is 2.81. The highest BCUT2D eigenvalue weighted by Gasteiger charge is 2.10. The summed E-state index contributed by atoms with van der Waals surface area (Å²) >= 11 is 6.89. The minimum atomic E-state index is -0.265. The van der Waals surface area contributed by atoms with Gasteiger partial charge in [0.15, 0.2) is 5.16 Å². The number of nitrogens with one attached hydrogen (secondary N) is 1. The van der Waals surface area contributed by atoms with E-state index >= 15 is 0 Å². The molecule has 0 unspecified atom stereocenters. The van der Waals surface area contributed by atoms with Gasteiger partial charge >= 0.3 is 0 Å². The van der Waals surface area contributed by atoms with Gasteiger partial charge in [0.25, 0.3) is 11.5 Å². The number of aromatic nitrogens is 8. The zero-order valence-corrected chi connectivity index (χ0v) is 11.2. The van der Waals surface area contributed by atoms with Crippen molar-refractivity contribution < 1.29 is 0 Å². The number of hydrogen-bond acceptors (Lipinski definition) is 8. The maximum Gasteiger partial charge on any atom is 0.257 e. The third-order valence-electron chi connectivity index (χ3n) is 2.04. The van der Waals surface area contributed by atoms with Gasteiger partial charge in [0.1, 0.15) is 12.7 Å². The molecule has 11 heteroatoms. The van der Waals surface area contributed by atoms with Crippen molar-refractivity contribution in [3.05, 3.63) is 40.6 Å². The highest BCUT2D eigenvalue weighted by Crippen LogP contribution is 2.21. The second kappa shape index (κ2) is 5.35. The Hall–Kier alpha value is -2.33. The topological polar surface area (TPSA) is 115 Å². The molecule has 0 aromatic carbocycles. The molecule has 0 aliphatic carbocycles. The molecule has 0 aliphatic heterocycles. The van der Waals surface area contributed by atoms with Gasteiger partial charge in [0, 0.05) is 12.3 Å². The fraction of sp³-hybridized carbons (Fsp3) is 0. The molecule has 9 nitrogen and oxygen atoms in total. The van der Waals surface area contributed by atoms with Crippen molar-refractivity contribution >= 4 is 23.4 Å². The zero-order valence-electron chi connectivity index (χ0n) is 9.63. The average molecular weight is 309 g/mol. The van der Waals surface area contributed by atoms with Gasteiger partial charge < -0.3 is 4.98 Å². The molecule has 0 aliphatic rings. The standard InChI is InChI=1S/C9H5ClN8OS/c10-6-15-7(18-4-11-3-13-18)17-9(16-6)20-8-12-2-1-5(19)14-8/h1-4H,(H,12,14,19). The Morgan fingerprint density at radius 2 is 2.20 bits per heavy atom. The summed E-state index contributed by atoms with van der Waals surface area (Å²) in [5.41, 5.74) is -0.265. The maximum atomic E-state index is 11.2. The highest BCUT2D eigenvalue weighted by atomic mass is 35.5. The number of H-pyrrole nitrogens is 1. The Bertz CT molecular complexity index is 789. The molecule has 3 aromatic rings. The molecule has 0 radical (unpaired) electrons. The van der Waals surface area contributed by atoms with Crippen molar-refractivity contribution in [1.29, 1.82) is 0 Å². The van der Waals surface area contributed by atoms with Crippen molar-refractivity contribution in [1.82, 2.24) is 39.7 Å². The van der Waals surface area contributed by atoms with Crippen LogP contribution in [0.15, 0.2) is 40.0 Å². The average Bonchev–Trinajstić information content (AvgIpc) is 2.91. The number of nitrogens with zero attached hydrogens (tertiary/aromatic N) is 7. The van der Waals surface area contributed by atoms with Crippen LogP contribution < -0.4 is 5.56 Å². The zero-order chi connectivity index (χ0) is 13.9. The summed E-state index contributed by atoms with van der Waals surface area (Å²) in [4.78, 5) is 33.6. The van der Waals surface area contributed by atoms with Crippen molar-refractivity contribution in [3.8, 4) is 5.95 Å². The van der Waals surface area contributed by atoms with Gasteiger partial charge in [-0.05, 0) is 23.4 Å². The second-order valence-corrected chi connectivity index (χ2v) is 4.66. The summed E-state index contributed by atoms with van der Waals surface area (Å²) in [6.07, 6.45) is 4.17. The van der Waals surface area contributed by atoms with E-state index in [1.807, 2.05) is 0 Å². The number of halogens is 1. The van der Waals surface area contributed by atoms with Crippen molar-refractivity contribution in [2.24, 2.45) is 0 Å². The first-order valence-electron chi connectivity index (χ1n) is 5.20. The monoisotopic (exact) mass is 308 g/mol. The lowest BCUT2D eigenvalue weighted by molar-refractivity contribution is 0.756. The molecular weight excluding hydrogens is 304 g/mol. The Morgan fingerprint density at radius 3 is 2.95 bits per heavy atom. The minimum Gasteiger partial charge on any atom is -0.301 e. The largest absolute Gasteiger partial charge is 0.301 e. The summed E-state index contributed by atoms with van der Waals surface area (Å²) in [5, 5.41) is 4.54. The van der Waals surface area contributed by atoms with Crippen molar-refractivity contribution in [2.75, 3.05) is 0 Å². The van der Waals surface area contributed by atoms with Crippen LogP contribution in [0.2, 0.25) is 5.28 Å². The molecule has 0 saturated carbocycles. The van der Waals surface area contributed by atoms with E-state index in [4.69, 9.17) is 11.6 Å². The molecule has 0 atom stereocenters. The van der Waals surface area contributed by atoms with Crippen LogP contribution >= 0.6 is 23.4 Å². The first-order chi connectivity index (χ1) is 9.70. The van der Waals surface area contributed by atoms with Crippen LogP contribution in [0.25, 0.3) is 5.95 Å². The van der Waals surface area contributed by atoms with Crippen LogP contribution in [-0.4, -0.2) is 39.7 Å². The van der Waals surface area contributed by atoms with Gasteiger partial charge in [-0.15, -0.1) is 0 Å². The van der Waals surface area contributed by atoms with Gasteiger partial charge in [0.05, 0.1) is 0 Å². The van der Waals surface area contributed by atoms with E-state index in [1.54, 1.807) is 0 Å². The maximum absolute atomic E-state index is 11.2. The van der Waals surface area contributed by atoms with Gasteiger partial charge in [-0.25, -0.2) is 9.97 Å². The normalized spacial score (nSPS) is 10.7. The number of hydrogen-bond donors (Lipinski definition) is 1. The smallest absolute Gasteiger partial charge is 0.257 e. The summed E-state index contributed by atoms with van der Waals surface area (Å²) in [5.74, 6) is 0.225. The number of aromatic amines is 1. The lowest BCUT2D eigenvalue weighted by Gasteiger charge is -2.02. The van der Waals surface area contributed by atoms with E-state index in [0.29, 0.717) is 5.16 Å². The van der Waals surface area contributed by atoms with Crippen molar-refractivity contribution in [3.63, 3.8) is 0 Å². The summed E-state index contributed by atoms with van der Waals surface area (Å²) < 4.78 is 1.35. The van der Waals surface area contributed by atoms with E-state index in [2.05, 4.69) is 35.0 Å². The van der Waals surface area contributed by atoms with E-state index < -0.39 is 0 Å². The molecule has 3 rings (SSSR count). The van der Waals surface area contributed by atoms with Gasteiger partial charge in [-0.2, -0.15) is 24.7 Å². The molecule has 0 bridgehead atoms. The fourth-order valence-electron chi connectivity index (χ4n) is 1.27. The minimum absolute atomic E-state index is 0.00581. The predicted molar refractivity (Wildman–Crippen MR) is 68.7 cm³/mol. The molecule has 1 N–H and O–H groups in total. The van der Waals surface area contributed by atoms with E-state index in [0.717, 1.165) is 11.8 Å². The fourth-order valence-corrected chi connectivity index (χ4v) is 2.18. The third-order valence-corrected chi connectivity index (χ3v) is 2.97. The molecule has 0 amide bonds. The Balaban J connectivity index is 1.96. The molecule has 0 fully saturated rings. The highest BCUT2D eigenvalue weighted by molar-refractivity contribution is 7.99. The number of rotatable bonds is 3. The Kier molecular flexibility index (Phi) is 3.39. The Morgan fingerprint density at radius 1 is 1.30 bits per heavy atom.